The van der Waals surface area contributed by atoms with Gasteiger partial charge in [0.25, 0.3) is 5.56 Å². The van der Waals surface area contributed by atoms with Crippen LogP contribution in [0.2, 0.25) is 0 Å². The molecule has 0 unspecified atom stereocenters. The molecule has 0 radical (unpaired) electrons. The molecule has 4 N–H and O–H groups in total. The first-order valence-electron chi connectivity index (χ1n) is 13.2. The van der Waals surface area contributed by atoms with Gasteiger partial charge in [0.05, 0.1) is 40.8 Å². The molecule has 0 saturated heterocycles. The van der Waals surface area contributed by atoms with Gasteiger partial charge in [0.1, 0.15) is 11.6 Å². The molecule has 0 atom stereocenters. The summed E-state index contributed by atoms with van der Waals surface area (Å²) in [6.07, 6.45) is 7.23. The topological polar surface area (TPSA) is 124 Å². The molecule has 1 saturated carbocycles. The maximum Gasteiger partial charge on any atom is 0.265 e. The molecule has 3 heterocycles. The van der Waals surface area contributed by atoms with Crippen molar-refractivity contribution in [3.8, 4) is 16.9 Å². The third-order valence-electron chi connectivity index (χ3n) is 7.14. The Bertz CT molecular complexity index is 1820. The summed E-state index contributed by atoms with van der Waals surface area (Å²) in [5.74, 6) is 0.318. The Kier molecular flexibility index (Phi) is 6.14. The van der Waals surface area contributed by atoms with Crippen molar-refractivity contribution in [2.75, 3.05) is 11.1 Å². The van der Waals surface area contributed by atoms with Crippen LogP contribution in [0.1, 0.15) is 50.7 Å². The van der Waals surface area contributed by atoms with Crippen molar-refractivity contribution in [1.29, 1.82) is 0 Å². The second-order valence-electron chi connectivity index (χ2n) is 11.2. The molecule has 6 rings (SSSR count). The van der Waals surface area contributed by atoms with Gasteiger partial charge in [-0.15, -0.1) is 0 Å². The lowest BCUT2D eigenvalue weighted by Crippen LogP contribution is -2.21. The first-order chi connectivity index (χ1) is 19.1. The van der Waals surface area contributed by atoms with E-state index in [4.69, 9.17) is 5.73 Å². The maximum atomic E-state index is 15.1. The van der Waals surface area contributed by atoms with Gasteiger partial charge in [-0.2, -0.15) is 10.1 Å². The molecule has 0 bridgehead atoms. The smallest absolute Gasteiger partial charge is 0.265 e. The molecule has 3 aromatic heterocycles. The van der Waals surface area contributed by atoms with Crippen molar-refractivity contribution in [2.24, 2.45) is 0 Å². The van der Waals surface area contributed by atoms with E-state index in [1.54, 1.807) is 42.7 Å². The Morgan fingerprint density at radius 1 is 1.15 bits per heavy atom. The number of benzene rings is 2. The van der Waals surface area contributed by atoms with Gasteiger partial charge in [0, 0.05) is 29.6 Å². The largest absolute Gasteiger partial charge is 0.392 e. The van der Waals surface area contributed by atoms with E-state index in [1.807, 2.05) is 37.7 Å². The molecule has 10 heteroatoms. The zero-order chi connectivity index (χ0) is 28.2. The molecule has 2 aromatic carbocycles. The summed E-state index contributed by atoms with van der Waals surface area (Å²) in [4.78, 5) is 22.5. The van der Waals surface area contributed by atoms with Crippen LogP contribution in [-0.4, -0.2) is 29.4 Å². The number of fused-ring (bicyclic) bond motifs is 1. The lowest BCUT2D eigenvalue weighted by Gasteiger charge is -2.18. The lowest BCUT2D eigenvalue weighted by atomic mass is 10.0. The van der Waals surface area contributed by atoms with E-state index in [1.165, 1.54) is 10.6 Å². The fourth-order valence-electron chi connectivity index (χ4n) is 4.94. The number of aromatic nitrogens is 5. The van der Waals surface area contributed by atoms with Crippen LogP contribution in [0.15, 0.2) is 65.8 Å². The van der Waals surface area contributed by atoms with Crippen molar-refractivity contribution in [3.05, 3.63) is 88.4 Å². The zero-order valence-corrected chi connectivity index (χ0v) is 22.5. The number of nitrogens with two attached hydrogens (primary N) is 1. The van der Waals surface area contributed by atoms with E-state index in [-0.39, 0.29) is 29.3 Å². The number of aliphatic hydroxyl groups is 1. The summed E-state index contributed by atoms with van der Waals surface area (Å²) in [6, 6.07) is 12.0. The summed E-state index contributed by atoms with van der Waals surface area (Å²) in [5, 5.41) is 18.6. The molecule has 1 fully saturated rings. The normalized spacial score (nSPS) is 13.6. The molecule has 1 aliphatic carbocycles. The summed E-state index contributed by atoms with van der Waals surface area (Å²) in [7, 11) is 0. The minimum Gasteiger partial charge on any atom is -0.392 e. The summed E-state index contributed by atoms with van der Waals surface area (Å²) >= 11 is 0. The van der Waals surface area contributed by atoms with Gasteiger partial charge in [0.15, 0.2) is 0 Å². The van der Waals surface area contributed by atoms with Gasteiger partial charge in [0.2, 0.25) is 5.95 Å². The molecule has 204 valence electrons. The number of rotatable bonds is 6. The number of nitrogen functional groups attached to an aromatic ring is 1. The van der Waals surface area contributed by atoms with Crippen LogP contribution in [0.25, 0.3) is 27.7 Å². The Balaban J connectivity index is 1.41. The summed E-state index contributed by atoms with van der Waals surface area (Å²) < 4.78 is 18.3. The Hall–Kier alpha value is -4.57. The lowest BCUT2D eigenvalue weighted by molar-refractivity contribution is 0.282. The molecule has 0 aliphatic heterocycles. The van der Waals surface area contributed by atoms with Crippen LogP contribution in [-0.2, 0) is 12.1 Å². The second-order valence-corrected chi connectivity index (χ2v) is 11.2. The van der Waals surface area contributed by atoms with E-state index in [0.29, 0.717) is 39.5 Å². The molecule has 40 heavy (non-hydrogen) atoms. The molecule has 1 aliphatic rings. The number of hydrogen-bond acceptors (Lipinski definition) is 7. The van der Waals surface area contributed by atoms with Crippen molar-refractivity contribution >= 4 is 28.2 Å². The predicted molar refractivity (Wildman–Crippen MR) is 153 cm³/mol. The fourth-order valence-corrected chi connectivity index (χ4v) is 4.94. The highest BCUT2D eigenvalue weighted by Crippen LogP contribution is 2.41. The number of pyridine rings is 1. The highest BCUT2D eigenvalue weighted by atomic mass is 19.1. The van der Waals surface area contributed by atoms with E-state index in [2.05, 4.69) is 20.4 Å². The van der Waals surface area contributed by atoms with Crippen LogP contribution in [0.5, 0.6) is 0 Å². The van der Waals surface area contributed by atoms with Crippen LogP contribution in [0.3, 0.4) is 0 Å². The Labute approximate surface area is 230 Å². The van der Waals surface area contributed by atoms with Crippen LogP contribution in [0, 0.1) is 5.82 Å². The molecular weight excluding hydrogens is 509 g/mol. The standard InChI is InChI=1S/C30H30FN7O2/c1-30(2,3)38-15-20(14-33-38)34-29-35-24(13-26(32)36-29)21-5-4-6-25(22(21)16-39)37-10-9-18-11-19(17-7-8-17)12-23(31)27(18)28(37)40/h4-6,9-15,17,39H,7-8,16H2,1-3H3,(H3,32,34,35,36). The minimum atomic E-state index is -0.533. The highest BCUT2D eigenvalue weighted by molar-refractivity contribution is 5.84. The minimum absolute atomic E-state index is 0.0229. The van der Waals surface area contributed by atoms with Gasteiger partial charge in [-0.25, -0.2) is 9.37 Å². The molecule has 0 amide bonds. The summed E-state index contributed by atoms with van der Waals surface area (Å²) in [6.45, 7) is 5.75. The van der Waals surface area contributed by atoms with Crippen LogP contribution < -0.4 is 16.6 Å². The quantitative estimate of drug-likeness (QED) is 0.270. The third-order valence-corrected chi connectivity index (χ3v) is 7.14. The molecular formula is C30H30FN7O2. The molecule has 9 nitrogen and oxygen atoms in total. The van der Waals surface area contributed by atoms with E-state index in [9.17, 15) is 9.90 Å². The fraction of sp³-hybridized carbons (Fsp3) is 0.267. The predicted octanol–water partition coefficient (Wildman–Crippen LogP) is 5.23. The van der Waals surface area contributed by atoms with Gasteiger partial charge < -0.3 is 16.2 Å². The van der Waals surface area contributed by atoms with Crippen molar-refractivity contribution in [2.45, 2.75) is 51.7 Å². The van der Waals surface area contributed by atoms with Crippen molar-refractivity contribution in [1.82, 2.24) is 24.3 Å². The zero-order valence-electron chi connectivity index (χ0n) is 22.5. The van der Waals surface area contributed by atoms with E-state index in [0.717, 1.165) is 18.4 Å². The van der Waals surface area contributed by atoms with E-state index < -0.39 is 11.4 Å². The van der Waals surface area contributed by atoms with Crippen molar-refractivity contribution in [3.63, 3.8) is 0 Å². The van der Waals surface area contributed by atoms with Gasteiger partial charge in [-0.1, -0.05) is 18.2 Å². The average Bonchev–Trinajstić information content (AvgIpc) is 3.65. The number of halogens is 1. The monoisotopic (exact) mass is 539 g/mol. The number of nitrogens with zero attached hydrogens (tertiary/aromatic N) is 5. The van der Waals surface area contributed by atoms with Gasteiger partial charge in [-0.3, -0.25) is 14.0 Å². The van der Waals surface area contributed by atoms with Gasteiger partial charge >= 0.3 is 0 Å². The van der Waals surface area contributed by atoms with Crippen LogP contribution in [0.4, 0.5) is 21.8 Å². The number of aliphatic hydroxyl groups excluding tert-OH is 1. The maximum absolute atomic E-state index is 15.1. The number of nitrogens with one attached hydrogen (secondary N) is 1. The SMILES string of the molecule is CC(C)(C)n1cc(Nc2nc(N)cc(-c3cccc(-n4ccc5cc(C6CC6)cc(F)c5c4=O)c3CO)n2)cn1. The first kappa shape index (κ1) is 25.7. The summed E-state index contributed by atoms with van der Waals surface area (Å²) in [5.41, 5.74) is 8.97. The molecule has 0 spiro atoms. The Morgan fingerprint density at radius 2 is 1.95 bits per heavy atom. The highest BCUT2D eigenvalue weighted by Gasteiger charge is 2.25. The number of anilines is 3. The van der Waals surface area contributed by atoms with E-state index >= 15 is 4.39 Å². The molecule has 5 aromatic rings. The third kappa shape index (κ3) is 4.71. The van der Waals surface area contributed by atoms with Gasteiger partial charge in [-0.05, 0) is 68.7 Å². The van der Waals surface area contributed by atoms with Crippen molar-refractivity contribution < 1.29 is 9.50 Å². The average molecular weight is 540 g/mol. The number of hydrogen-bond donors (Lipinski definition) is 3. The second kappa shape index (κ2) is 9.56. The first-order valence-corrected chi connectivity index (χ1v) is 13.2. The van der Waals surface area contributed by atoms with Crippen LogP contribution >= 0.6 is 0 Å². The Morgan fingerprint density at radius 3 is 2.65 bits per heavy atom.